The monoisotopic (exact) mass is 380 g/mol. The van der Waals surface area contributed by atoms with Crippen molar-refractivity contribution in [3.63, 3.8) is 0 Å². The fraction of sp³-hybridized carbons (Fsp3) is 0.474. The van der Waals surface area contributed by atoms with Crippen LogP contribution in [0.25, 0.3) is 11.3 Å². The molecule has 0 saturated carbocycles. The number of piperidine rings is 1. The lowest BCUT2D eigenvalue weighted by Gasteiger charge is -2.33. The molecule has 1 aliphatic heterocycles. The van der Waals surface area contributed by atoms with E-state index in [1.54, 1.807) is 12.1 Å². The van der Waals surface area contributed by atoms with Crippen molar-refractivity contribution in [1.82, 2.24) is 20.4 Å². The number of H-pyrrole nitrogens is 1. The Kier molecular flexibility index (Phi) is 7.17. The van der Waals surface area contributed by atoms with Crippen LogP contribution < -0.4 is 5.32 Å². The molecule has 0 radical (unpaired) electrons. The van der Waals surface area contributed by atoms with Crippen LogP contribution in [0.15, 0.2) is 30.5 Å². The number of benzene rings is 1. The number of hydrogen-bond donors (Lipinski definition) is 2. The minimum atomic E-state index is -0.245. The van der Waals surface area contributed by atoms with Gasteiger partial charge in [0.1, 0.15) is 5.82 Å². The Morgan fingerprint density at radius 3 is 2.58 bits per heavy atom. The van der Waals surface area contributed by atoms with Crippen molar-refractivity contribution in [2.24, 2.45) is 5.92 Å². The number of carbonyl (C=O) groups excluding carboxylic acids is 1. The number of likely N-dealkylation sites (tertiary alicyclic amines) is 1. The Labute approximate surface area is 159 Å². The van der Waals surface area contributed by atoms with Gasteiger partial charge >= 0.3 is 0 Å². The van der Waals surface area contributed by atoms with Crippen molar-refractivity contribution in [3.8, 4) is 11.3 Å². The van der Waals surface area contributed by atoms with Crippen molar-refractivity contribution in [2.75, 3.05) is 13.1 Å². The van der Waals surface area contributed by atoms with Crippen molar-refractivity contribution in [1.29, 1.82) is 0 Å². The molecule has 26 heavy (non-hydrogen) atoms. The number of rotatable bonds is 5. The molecule has 1 aliphatic rings. The van der Waals surface area contributed by atoms with Crippen molar-refractivity contribution in [2.45, 2.75) is 39.3 Å². The zero-order valence-corrected chi connectivity index (χ0v) is 16.0. The van der Waals surface area contributed by atoms with Gasteiger partial charge in [0.2, 0.25) is 5.91 Å². The van der Waals surface area contributed by atoms with E-state index in [9.17, 15) is 9.18 Å². The molecular weight excluding hydrogens is 355 g/mol. The molecule has 1 aromatic heterocycles. The van der Waals surface area contributed by atoms with Crippen molar-refractivity contribution < 1.29 is 9.18 Å². The first-order valence-electron chi connectivity index (χ1n) is 8.85. The highest BCUT2D eigenvalue weighted by Crippen LogP contribution is 2.22. The van der Waals surface area contributed by atoms with Crippen LogP contribution >= 0.6 is 12.4 Å². The van der Waals surface area contributed by atoms with Gasteiger partial charge in [-0.25, -0.2) is 4.39 Å². The van der Waals surface area contributed by atoms with E-state index in [1.165, 1.54) is 12.1 Å². The van der Waals surface area contributed by atoms with E-state index in [2.05, 4.69) is 15.5 Å². The maximum Gasteiger partial charge on any atom is 0.225 e. The first kappa shape index (κ1) is 20.4. The summed E-state index contributed by atoms with van der Waals surface area (Å²) in [4.78, 5) is 14.0. The molecule has 0 atom stereocenters. The first-order chi connectivity index (χ1) is 12.0. The van der Waals surface area contributed by atoms with E-state index in [-0.39, 0.29) is 30.0 Å². The van der Waals surface area contributed by atoms with Crippen molar-refractivity contribution >= 4 is 18.3 Å². The van der Waals surface area contributed by atoms with E-state index in [0.29, 0.717) is 12.6 Å². The number of nitrogens with one attached hydrogen (secondary N) is 2. The standard InChI is InChI=1S/C19H25FN4O.ClH/c1-13(2)19(25)24-9-7-17(8-10-24)21-11-15-12-22-23-18(15)14-3-5-16(20)6-4-14;/h3-6,12-13,17,21H,7-11H2,1-2H3,(H,22,23);1H. The van der Waals surface area contributed by atoms with E-state index in [1.807, 2.05) is 24.9 Å². The summed E-state index contributed by atoms with van der Waals surface area (Å²) in [5.74, 6) is 0.0613. The fourth-order valence-corrected chi connectivity index (χ4v) is 3.24. The first-order valence-corrected chi connectivity index (χ1v) is 8.85. The van der Waals surface area contributed by atoms with Gasteiger partial charge in [-0.3, -0.25) is 9.89 Å². The molecule has 7 heteroatoms. The van der Waals surface area contributed by atoms with Crippen LogP contribution in [0.3, 0.4) is 0 Å². The van der Waals surface area contributed by atoms with Gasteiger partial charge in [-0.2, -0.15) is 5.10 Å². The second-order valence-corrected chi connectivity index (χ2v) is 6.91. The molecule has 2 aromatic rings. The largest absolute Gasteiger partial charge is 0.342 e. The van der Waals surface area contributed by atoms with Gasteiger partial charge in [0.05, 0.1) is 11.9 Å². The molecule has 0 unspecified atom stereocenters. The topological polar surface area (TPSA) is 61.0 Å². The van der Waals surface area contributed by atoms with Gasteiger partial charge in [0.25, 0.3) is 0 Å². The summed E-state index contributed by atoms with van der Waals surface area (Å²) in [6.45, 7) is 6.22. The number of amides is 1. The molecule has 2 N–H and O–H groups in total. The molecule has 2 heterocycles. The molecule has 1 saturated heterocycles. The zero-order valence-electron chi connectivity index (χ0n) is 15.2. The quantitative estimate of drug-likeness (QED) is 0.836. The van der Waals surface area contributed by atoms with Crippen LogP contribution in [0.5, 0.6) is 0 Å². The molecule has 1 aromatic carbocycles. The number of aromatic nitrogens is 2. The summed E-state index contributed by atoms with van der Waals surface area (Å²) in [6, 6.07) is 6.81. The maximum atomic E-state index is 13.1. The predicted octanol–water partition coefficient (Wildman–Crippen LogP) is 3.37. The summed E-state index contributed by atoms with van der Waals surface area (Å²) in [6.07, 6.45) is 3.73. The minimum absolute atomic E-state index is 0. The van der Waals surface area contributed by atoms with Gasteiger partial charge in [-0.1, -0.05) is 13.8 Å². The highest BCUT2D eigenvalue weighted by Gasteiger charge is 2.24. The lowest BCUT2D eigenvalue weighted by atomic mass is 10.0. The van der Waals surface area contributed by atoms with Crippen LogP contribution in [0.1, 0.15) is 32.3 Å². The lowest BCUT2D eigenvalue weighted by Crippen LogP contribution is -2.45. The van der Waals surface area contributed by atoms with E-state index in [0.717, 1.165) is 42.8 Å². The molecule has 0 aliphatic carbocycles. The second-order valence-electron chi connectivity index (χ2n) is 6.91. The molecule has 1 amide bonds. The molecule has 1 fully saturated rings. The Morgan fingerprint density at radius 1 is 1.31 bits per heavy atom. The molecule has 3 rings (SSSR count). The predicted molar refractivity (Wildman–Crippen MR) is 103 cm³/mol. The average Bonchev–Trinajstić information content (AvgIpc) is 3.09. The van der Waals surface area contributed by atoms with Crippen LogP contribution in [0.2, 0.25) is 0 Å². The van der Waals surface area contributed by atoms with Gasteiger partial charge < -0.3 is 10.2 Å². The van der Waals surface area contributed by atoms with E-state index >= 15 is 0 Å². The smallest absolute Gasteiger partial charge is 0.225 e. The molecule has 0 bridgehead atoms. The van der Waals surface area contributed by atoms with Gasteiger partial charge in [-0.15, -0.1) is 12.4 Å². The van der Waals surface area contributed by atoms with Gasteiger partial charge in [0, 0.05) is 42.7 Å². The highest BCUT2D eigenvalue weighted by molar-refractivity contribution is 5.85. The highest BCUT2D eigenvalue weighted by atomic mass is 35.5. The fourth-order valence-electron chi connectivity index (χ4n) is 3.24. The number of carbonyl (C=O) groups is 1. The Hall–Kier alpha value is -1.92. The maximum absolute atomic E-state index is 13.1. The third-order valence-electron chi connectivity index (χ3n) is 4.73. The SMILES string of the molecule is CC(C)C(=O)N1CCC(NCc2cn[nH]c2-c2ccc(F)cc2)CC1.Cl. The lowest BCUT2D eigenvalue weighted by molar-refractivity contribution is -0.135. The number of aromatic amines is 1. The molecular formula is C19H26ClFN4O. The Bertz CT molecular complexity index is 709. The third kappa shape index (κ3) is 4.83. The third-order valence-corrected chi connectivity index (χ3v) is 4.73. The normalized spacial score (nSPS) is 15.2. The molecule has 142 valence electrons. The summed E-state index contributed by atoms with van der Waals surface area (Å²) >= 11 is 0. The minimum Gasteiger partial charge on any atom is -0.342 e. The van der Waals surface area contributed by atoms with Crippen LogP contribution in [0, 0.1) is 11.7 Å². The zero-order chi connectivity index (χ0) is 17.8. The summed E-state index contributed by atoms with van der Waals surface area (Å²) in [7, 11) is 0. The van der Waals surface area contributed by atoms with Crippen LogP contribution in [-0.2, 0) is 11.3 Å². The van der Waals surface area contributed by atoms with Crippen molar-refractivity contribution in [3.05, 3.63) is 41.8 Å². The van der Waals surface area contributed by atoms with E-state index < -0.39 is 0 Å². The Balaban J connectivity index is 0.00000243. The van der Waals surface area contributed by atoms with Crippen LogP contribution in [-0.4, -0.2) is 40.1 Å². The number of nitrogens with zero attached hydrogens (tertiary/aromatic N) is 2. The summed E-state index contributed by atoms with van der Waals surface area (Å²) in [5, 5.41) is 10.7. The van der Waals surface area contributed by atoms with Gasteiger partial charge in [-0.05, 0) is 37.1 Å². The molecule has 0 spiro atoms. The molecule has 5 nitrogen and oxygen atoms in total. The average molecular weight is 381 g/mol. The number of halogens is 2. The van der Waals surface area contributed by atoms with E-state index in [4.69, 9.17) is 0 Å². The van der Waals surface area contributed by atoms with Gasteiger partial charge in [0.15, 0.2) is 0 Å². The second kappa shape index (κ2) is 9.14. The number of hydrogen-bond acceptors (Lipinski definition) is 3. The summed E-state index contributed by atoms with van der Waals surface area (Å²) < 4.78 is 13.1. The summed E-state index contributed by atoms with van der Waals surface area (Å²) in [5.41, 5.74) is 2.90. The van der Waals surface area contributed by atoms with Crippen LogP contribution in [0.4, 0.5) is 4.39 Å². The Morgan fingerprint density at radius 2 is 1.96 bits per heavy atom.